The Morgan fingerprint density at radius 3 is 2.81 bits per heavy atom. The molecule has 142 valence electrons. The number of nitrogens with one attached hydrogen (secondary N) is 1. The number of nitrogens with zero attached hydrogens (tertiary/aromatic N) is 1. The van der Waals surface area contributed by atoms with Crippen LogP contribution in [0.5, 0.6) is 0 Å². The Bertz CT molecular complexity index is 944. The summed E-state index contributed by atoms with van der Waals surface area (Å²) in [7, 11) is -3.66. The largest absolute Gasteiger partial charge is 0.417 e. The van der Waals surface area contributed by atoms with E-state index in [1.807, 2.05) is 0 Å². The highest BCUT2D eigenvalue weighted by Gasteiger charge is 2.41. The highest BCUT2D eigenvalue weighted by atomic mass is 32.2. The lowest BCUT2D eigenvalue weighted by Crippen LogP contribution is -2.50. The lowest BCUT2D eigenvalue weighted by molar-refractivity contribution is -0.0761. The Morgan fingerprint density at radius 2 is 2.08 bits per heavy atom. The first kappa shape index (κ1) is 17.8. The van der Waals surface area contributed by atoms with Gasteiger partial charge in [-0.05, 0) is 37.3 Å². The van der Waals surface area contributed by atoms with Crippen molar-refractivity contribution in [3.63, 3.8) is 0 Å². The Labute approximate surface area is 152 Å². The highest BCUT2D eigenvalue weighted by molar-refractivity contribution is 7.89. The van der Waals surface area contributed by atoms with Gasteiger partial charge in [-0.25, -0.2) is 13.2 Å². The fourth-order valence-corrected chi connectivity index (χ4v) is 5.09. The molecule has 7 nitrogen and oxygen atoms in total. The lowest BCUT2D eigenvalue weighted by atomic mass is 10.1. The molecule has 1 aliphatic carbocycles. The molecule has 0 bridgehead atoms. The van der Waals surface area contributed by atoms with E-state index in [1.165, 1.54) is 12.1 Å². The minimum Gasteiger partial charge on any atom is -0.408 e. The molecule has 8 heteroatoms. The maximum absolute atomic E-state index is 13.2. The van der Waals surface area contributed by atoms with Crippen molar-refractivity contribution in [2.24, 2.45) is 5.92 Å². The zero-order chi connectivity index (χ0) is 18.3. The molecule has 2 heterocycles. The molecule has 2 aliphatic rings. The molecular formula is C18H24N2O5S. The summed E-state index contributed by atoms with van der Waals surface area (Å²) in [6.07, 6.45) is 5.10. The van der Waals surface area contributed by atoms with Gasteiger partial charge in [0.25, 0.3) is 0 Å². The highest BCUT2D eigenvalue weighted by Crippen LogP contribution is 2.38. The van der Waals surface area contributed by atoms with Crippen molar-refractivity contribution < 1.29 is 17.6 Å². The molecule has 4 rings (SSSR count). The van der Waals surface area contributed by atoms with Crippen LogP contribution < -0.4 is 5.76 Å². The van der Waals surface area contributed by atoms with E-state index >= 15 is 0 Å². The SMILES string of the molecule is CCCC[C@@H]1CN(S(=O)(=O)c2ccc3[nH]c(=O)oc3c2)C[C@H](C2CC2)O1. The summed E-state index contributed by atoms with van der Waals surface area (Å²) in [4.78, 5) is 14.0. The molecule has 1 aromatic carbocycles. The average molecular weight is 380 g/mol. The number of benzene rings is 1. The van der Waals surface area contributed by atoms with E-state index in [0.29, 0.717) is 24.5 Å². The summed E-state index contributed by atoms with van der Waals surface area (Å²) < 4.78 is 39.1. The maximum atomic E-state index is 13.2. The number of ether oxygens (including phenoxy) is 1. The van der Waals surface area contributed by atoms with Crippen molar-refractivity contribution in [2.45, 2.75) is 56.1 Å². The fourth-order valence-electron chi connectivity index (χ4n) is 3.59. The molecule has 2 aromatic rings. The molecular weight excluding hydrogens is 356 g/mol. The van der Waals surface area contributed by atoms with E-state index in [9.17, 15) is 13.2 Å². The Morgan fingerprint density at radius 1 is 1.27 bits per heavy atom. The number of aromatic amines is 1. The number of sulfonamides is 1. The number of fused-ring (bicyclic) bond motifs is 1. The lowest BCUT2D eigenvalue weighted by Gasteiger charge is -2.37. The van der Waals surface area contributed by atoms with Gasteiger partial charge >= 0.3 is 5.76 Å². The third kappa shape index (κ3) is 3.45. The normalized spacial score (nSPS) is 25.0. The van der Waals surface area contributed by atoms with E-state index in [-0.39, 0.29) is 22.7 Å². The van der Waals surface area contributed by atoms with Gasteiger partial charge in [0.15, 0.2) is 5.58 Å². The first-order valence-electron chi connectivity index (χ1n) is 9.26. The second kappa shape index (κ2) is 6.83. The predicted octanol–water partition coefficient (Wildman–Crippen LogP) is 2.48. The van der Waals surface area contributed by atoms with Crippen LogP contribution in [0.4, 0.5) is 0 Å². The average Bonchev–Trinajstić information content (AvgIpc) is 3.40. The van der Waals surface area contributed by atoms with Crippen LogP contribution in [-0.4, -0.2) is 43.0 Å². The second-order valence-electron chi connectivity index (χ2n) is 7.27. The number of oxazole rings is 1. The van der Waals surface area contributed by atoms with Crippen LogP contribution in [0.2, 0.25) is 0 Å². The summed E-state index contributed by atoms with van der Waals surface area (Å²) in [5.41, 5.74) is 0.748. The summed E-state index contributed by atoms with van der Waals surface area (Å²) in [5, 5.41) is 0. The zero-order valence-corrected chi connectivity index (χ0v) is 15.6. The van der Waals surface area contributed by atoms with Gasteiger partial charge in [-0.1, -0.05) is 19.8 Å². The maximum Gasteiger partial charge on any atom is 0.417 e. The minimum absolute atomic E-state index is 0.0192. The van der Waals surface area contributed by atoms with Crippen LogP contribution in [0.3, 0.4) is 0 Å². The van der Waals surface area contributed by atoms with Crippen LogP contribution in [0.1, 0.15) is 39.0 Å². The van der Waals surface area contributed by atoms with E-state index in [4.69, 9.17) is 9.15 Å². The molecule has 26 heavy (non-hydrogen) atoms. The second-order valence-corrected chi connectivity index (χ2v) is 9.21. The van der Waals surface area contributed by atoms with Crippen LogP contribution in [0.15, 0.2) is 32.3 Å². The zero-order valence-electron chi connectivity index (χ0n) is 14.8. The van der Waals surface area contributed by atoms with Gasteiger partial charge in [0.2, 0.25) is 10.0 Å². The number of morpholine rings is 1. The summed E-state index contributed by atoms with van der Waals surface area (Å²) in [6, 6.07) is 4.51. The van der Waals surface area contributed by atoms with Crippen molar-refractivity contribution in [3.05, 3.63) is 28.7 Å². The number of hydrogen-bond donors (Lipinski definition) is 1. The van der Waals surface area contributed by atoms with Crippen molar-refractivity contribution in [3.8, 4) is 0 Å². The standard InChI is InChI=1S/C18H24N2O5S/c1-2-3-4-13-10-20(11-17(24-13)12-5-6-12)26(22,23)14-7-8-15-16(9-14)25-18(21)19-15/h7-9,12-13,17H,2-6,10-11H2,1H3,(H,19,21)/t13-,17-/m1/s1. The van der Waals surface area contributed by atoms with Crippen LogP contribution >= 0.6 is 0 Å². The van der Waals surface area contributed by atoms with Crippen molar-refractivity contribution in [1.29, 1.82) is 0 Å². The summed E-state index contributed by atoms with van der Waals surface area (Å²) in [5.74, 6) is -0.114. The van der Waals surface area contributed by atoms with Crippen molar-refractivity contribution >= 4 is 21.1 Å². The molecule has 2 atom stereocenters. The van der Waals surface area contributed by atoms with Crippen LogP contribution in [0, 0.1) is 5.92 Å². The monoisotopic (exact) mass is 380 g/mol. The molecule has 1 saturated heterocycles. The molecule has 0 spiro atoms. The van der Waals surface area contributed by atoms with E-state index in [1.54, 1.807) is 10.4 Å². The van der Waals surface area contributed by atoms with Crippen molar-refractivity contribution in [2.75, 3.05) is 13.1 Å². The Kier molecular flexibility index (Phi) is 4.66. The third-order valence-electron chi connectivity index (χ3n) is 5.22. The van der Waals surface area contributed by atoms with Gasteiger partial charge < -0.3 is 9.15 Å². The first-order chi connectivity index (χ1) is 12.5. The van der Waals surface area contributed by atoms with E-state index in [0.717, 1.165) is 32.1 Å². The smallest absolute Gasteiger partial charge is 0.408 e. The first-order valence-corrected chi connectivity index (χ1v) is 10.7. The minimum atomic E-state index is -3.66. The van der Waals surface area contributed by atoms with E-state index in [2.05, 4.69) is 11.9 Å². The van der Waals surface area contributed by atoms with Crippen molar-refractivity contribution in [1.82, 2.24) is 9.29 Å². The number of rotatable bonds is 6. The molecule has 0 radical (unpaired) electrons. The molecule has 1 aromatic heterocycles. The van der Waals surface area contributed by atoms with Gasteiger partial charge in [-0.3, -0.25) is 4.98 Å². The van der Waals surface area contributed by atoms with Gasteiger partial charge in [0.1, 0.15) is 0 Å². The molecule has 0 unspecified atom stereocenters. The predicted molar refractivity (Wildman–Crippen MR) is 96.5 cm³/mol. The third-order valence-corrected chi connectivity index (χ3v) is 7.04. The van der Waals surface area contributed by atoms with Gasteiger partial charge in [0.05, 0.1) is 22.6 Å². The quantitative estimate of drug-likeness (QED) is 0.831. The number of unbranched alkanes of at least 4 members (excludes halogenated alkanes) is 1. The molecule has 1 saturated carbocycles. The topological polar surface area (TPSA) is 92.6 Å². The summed E-state index contributed by atoms with van der Waals surface area (Å²) in [6.45, 7) is 2.89. The number of H-pyrrole nitrogens is 1. The molecule has 0 amide bonds. The number of aromatic nitrogens is 1. The van der Waals surface area contributed by atoms with Crippen LogP contribution in [-0.2, 0) is 14.8 Å². The molecule has 1 aliphatic heterocycles. The van der Waals surface area contributed by atoms with Gasteiger partial charge in [-0.2, -0.15) is 4.31 Å². The van der Waals surface area contributed by atoms with Gasteiger partial charge in [-0.15, -0.1) is 0 Å². The Balaban J connectivity index is 1.62. The van der Waals surface area contributed by atoms with Gasteiger partial charge in [0, 0.05) is 19.2 Å². The number of hydrogen-bond acceptors (Lipinski definition) is 5. The Hall–Kier alpha value is -1.64. The molecule has 2 fully saturated rings. The molecule has 1 N–H and O–H groups in total. The fraction of sp³-hybridized carbons (Fsp3) is 0.611. The summed E-state index contributed by atoms with van der Waals surface area (Å²) >= 11 is 0. The van der Waals surface area contributed by atoms with Crippen LogP contribution in [0.25, 0.3) is 11.1 Å². The van der Waals surface area contributed by atoms with E-state index < -0.39 is 15.8 Å².